The molecule has 6 nitrogen and oxygen atoms in total. The van der Waals surface area contributed by atoms with Crippen LogP contribution in [0.2, 0.25) is 0 Å². The number of carbonyl (C=O) groups is 1. The van der Waals surface area contributed by atoms with Gasteiger partial charge in [-0.25, -0.2) is 4.98 Å². The molecule has 0 saturated carbocycles. The number of fused-ring (bicyclic) bond motifs is 1. The summed E-state index contributed by atoms with van der Waals surface area (Å²) in [5, 5.41) is 3.45. The number of aromatic amines is 1. The van der Waals surface area contributed by atoms with Crippen molar-refractivity contribution in [2.75, 3.05) is 12.3 Å². The van der Waals surface area contributed by atoms with Crippen molar-refractivity contribution in [1.29, 1.82) is 0 Å². The first-order valence-corrected chi connectivity index (χ1v) is 8.55. The lowest BCUT2D eigenvalue weighted by molar-refractivity contribution is -0.118. The van der Waals surface area contributed by atoms with Crippen molar-refractivity contribution in [3.8, 4) is 0 Å². The monoisotopic (exact) mass is 322 g/mol. The van der Waals surface area contributed by atoms with Crippen LogP contribution in [-0.4, -0.2) is 32.7 Å². The van der Waals surface area contributed by atoms with Crippen LogP contribution in [0, 0.1) is 6.92 Å². The summed E-state index contributed by atoms with van der Waals surface area (Å²) < 4.78 is 1.60. The molecule has 2 heterocycles. The molecule has 7 heteroatoms. The van der Waals surface area contributed by atoms with Crippen LogP contribution in [-0.2, 0) is 11.3 Å². The summed E-state index contributed by atoms with van der Waals surface area (Å²) in [6.45, 7) is 7.10. The van der Waals surface area contributed by atoms with E-state index in [0.29, 0.717) is 29.3 Å². The predicted octanol–water partition coefficient (Wildman–Crippen LogP) is 2.06. The fourth-order valence-corrected chi connectivity index (χ4v) is 3.08. The van der Waals surface area contributed by atoms with Gasteiger partial charge in [-0.05, 0) is 26.3 Å². The van der Waals surface area contributed by atoms with Gasteiger partial charge in [0.05, 0.1) is 11.3 Å². The third-order valence-electron chi connectivity index (χ3n) is 3.34. The van der Waals surface area contributed by atoms with Crippen molar-refractivity contribution in [1.82, 2.24) is 19.9 Å². The molecule has 2 aromatic rings. The van der Waals surface area contributed by atoms with Crippen LogP contribution in [0.15, 0.2) is 16.0 Å². The Balaban J connectivity index is 2.16. The number of hydrogen-bond acceptors (Lipinski definition) is 4. The second kappa shape index (κ2) is 7.49. The third-order valence-corrected chi connectivity index (χ3v) is 4.32. The molecule has 0 aliphatic heterocycles. The first kappa shape index (κ1) is 16.6. The van der Waals surface area contributed by atoms with Gasteiger partial charge in [-0.15, -0.1) is 0 Å². The number of unbranched alkanes of at least 4 members (excludes halogenated alkanes) is 1. The zero-order chi connectivity index (χ0) is 16.1. The summed E-state index contributed by atoms with van der Waals surface area (Å²) in [6.07, 6.45) is 2.02. The van der Waals surface area contributed by atoms with Crippen molar-refractivity contribution in [3.05, 3.63) is 22.1 Å². The van der Waals surface area contributed by atoms with Crippen LogP contribution in [0.5, 0.6) is 0 Å². The maximum absolute atomic E-state index is 12.4. The molecule has 2 N–H and O–H groups in total. The minimum atomic E-state index is -0.0884. The van der Waals surface area contributed by atoms with Gasteiger partial charge in [0.1, 0.15) is 5.52 Å². The predicted molar refractivity (Wildman–Crippen MR) is 89.4 cm³/mol. The van der Waals surface area contributed by atoms with E-state index < -0.39 is 0 Å². The molecule has 0 aliphatic carbocycles. The van der Waals surface area contributed by atoms with Gasteiger partial charge in [0, 0.05) is 18.8 Å². The Kier molecular flexibility index (Phi) is 5.65. The Morgan fingerprint density at radius 1 is 1.45 bits per heavy atom. The topological polar surface area (TPSA) is 79.8 Å². The number of aromatic nitrogens is 3. The number of nitrogens with one attached hydrogen (secondary N) is 2. The zero-order valence-corrected chi connectivity index (χ0v) is 14.0. The van der Waals surface area contributed by atoms with Gasteiger partial charge < -0.3 is 10.3 Å². The molecule has 0 bridgehead atoms. The minimum Gasteiger partial charge on any atom is -0.355 e. The van der Waals surface area contributed by atoms with Gasteiger partial charge in [0.15, 0.2) is 5.16 Å². The van der Waals surface area contributed by atoms with Crippen LogP contribution >= 0.6 is 11.8 Å². The van der Waals surface area contributed by atoms with Gasteiger partial charge in [0.2, 0.25) is 5.91 Å². The number of H-pyrrole nitrogens is 1. The molecular weight excluding hydrogens is 300 g/mol. The number of nitrogens with zero attached hydrogens (tertiary/aromatic N) is 2. The number of carbonyl (C=O) groups excluding carboxylic acids is 1. The second-order valence-electron chi connectivity index (χ2n) is 5.15. The molecule has 0 unspecified atom stereocenters. The first-order valence-electron chi connectivity index (χ1n) is 7.56. The molecular formula is C15H22N4O2S. The maximum atomic E-state index is 12.4. The average Bonchev–Trinajstić information content (AvgIpc) is 2.86. The zero-order valence-electron chi connectivity index (χ0n) is 13.2. The molecule has 0 aromatic carbocycles. The molecule has 0 spiro atoms. The van der Waals surface area contributed by atoms with Gasteiger partial charge in [-0.2, -0.15) is 0 Å². The number of aryl methyl sites for hydroxylation is 1. The van der Waals surface area contributed by atoms with E-state index in [-0.39, 0.29) is 17.2 Å². The second-order valence-corrected chi connectivity index (χ2v) is 6.09. The highest BCUT2D eigenvalue weighted by Gasteiger charge is 2.13. The summed E-state index contributed by atoms with van der Waals surface area (Å²) in [6, 6.07) is 1.85. The highest BCUT2D eigenvalue weighted by molar-refractivity contribution is 7.99. The van der Waals surface area contributed by atoms with E-state index in [0.717, 1.165) is 18.5 Å². The lowest BCUT2D eigenvalue weighted by Crippen LogP contribution is -2.27. The first-order chi connectivity index (χ1) is 10.6. The molecule has 2 rings (SSSR count). The van der Waals surface area contributed by atoms with Crippen molar-refractivity contribution in [2.45, 2.75) is 45.3 Å². The van der Waals surface area contributed by atoms with E-state index in [9.17, 15) is 9.59 Å². The van der Waals surface area contributed by atoms with E-state index in [1.807, 2.05) is 19.9 Å². The molecule has 22 heavy (non-hydrogen) atoms. The molecule has 1 amide bonds. The van der Waals surface area contributed by atoms with E-state index in [1.54, 1.807) is 4.57 Å². The standard InChI is InChI=1S/C15H22N4O2S/c1-4-6-7-16-12(20)9-22-15-18-11-8-10(3)17-13(11)14(21)19(15)5-2/h8,17H,4-7,9H2,1-3H3,(H,16,20). The molecule has 2 aromatic heterocycles. The lowest BCUT2D eigenvalue weighted by atomic mass is 10.3. The van der Waals surface area contributed by atoms with E-state index in [2.05, 4.69) is 22.2 Å². The summed E-state index contributed by atoms with van der Waals surface area (Å²) in [5.74, 6) is 0.242. The molecule has 0 fully saturated rings. The number of rotatable bonds is 7. The van der Waals surface area contributed by atoms with Gasteiger partial charge in [0.25, 0.3) is 5.56 Å². The maximum Gasteiger partial charge on any atom is 0.278 e. The lowest BCUT2D eigenvalue weighted by Gasteiger charge is -2.09. The number of hydrogen-bond donors (Lipinski definition) is 2. The van der Waals surface area contributed by atoms with Gasteiger partial charge in [-0.3, -0.25) is 14.2 Å². The van der Waals surface area contributed by atoms with E-state index in [1.165, 1.54) is 11.8 Å². The van der Waals surface area contributed by atoms with Gasteiger partial charge in [-0.1, -0.05) is 25.1 Å². The largest absolute Gasteiger partial charge is 0.355 e. The highest BCUT2D eigenvalue weighted by atomic mass is 32.2. The molecule has 0 saturated heterocycles. The van der Waals surface area contributed by atoms with Crippen molar-refractivity contribution >= 4 is 28.7 Å². The highest BCUT2D eigenvalue weighted by Crippen LogP contribution is 2.18. The third kappa shape index (κ3) is 3.71. The van der Waals surface area contributed by atoms with Crippen LogP contribution in [0.4, 0.5) is 0 Å². The van der Waals surface area contributed by atoms with Crippen molar-refractivity contribution < 1.29 is 4.79 Å². The van der Waals surface area contributed by atoms with Crippen molar-refractivity contribution in [2.24, 2.45) is 0 Å². The Bertz CT molecular complexity index is 720. The average molecular weight is 322 g/mol. The van der Waals surface area contributed by atoms with Crippen molar-refractivity contribution in [3.63, 3.8) is 0 Å². The molecule has 120 valence electrons. The van der Waals surface area contributed by atoms with Gasteiger partial charge >= 0.3 is 0 Å². The van der Waals surface area contributed by atoms with Crippen LogP contribution in [0.3, 0.4) is 0 Å². The Labute approximate surface area is 133 Å². The van der Waals surface area contributed by atoms with Crippen LogP contribution < -0.4 is 10.9 Å². The molecule has 0 atom stereocenters. The quantitative estimate of drug-likeness (QED) is 0.464. The minimum absolute atomic E-state index is 0.0271. The van der Waals surface area contributed by atoms with E-state index in [4.69, 9.17) is 0 Å². The fourth-order valence-electron chi connectivity index (χ4n) is 2.19. The number of thioether (sulfide) groups is 1. The van der Waals surface area contributed by atoms with Crippen LogP contribution in [0.1, 0.15) is 32.4 Å². The smallest absolute Gasteiger partial charge is 0.278 e. The van der Waals surface area contributed by atoms with E-state index >= 15 is 0 Å². The molecule has 0 radical (unpaired) electrons. The van der Waals surface area contributed by atoms with Crippen LogP contribution in [0.25, 0.3) is 11.0 Å². The Morgan fingerprint density at radius 2 is 2.23 bits per heavy atom. The summed E-state index contributed by atoms with van der Waals surface area (Å²) in [5.41, 5.74) is 1.99. The Morgan fingerprint density at radius 3 is 2.91 bits per heavy atom. The molecule has 0 aliphatic rings. The summed E-state index contributed by atoms with van der Waals surface area (Å²) in [7, 11) is 0. The normalized spacial score (nSPS) is 11.0. The SMILES string of the molecule is CCCCNC(=O)CSc1nc2cc(C)[nH]c2c(=O)n1CC. The summed E-state index contributed by atoms with van der Waals surface area (Å²) in [4.78, 5) is 31.8. The fraction of sp³-hybridized carbons (Fsp3) is 0.533. The number of amides is 1. The Hall–Kier alpha value is -1.76. The summed E-state index contributed by atoms with van der Waals surface area (Å²) >= 11 is 1.30.